The van der Waals surface area contributed by atoms with Crippen molar-refractivity contribution in [2.45, 2.75) is 17.1 Å². The zero-order valence-corrected chi connectivity index (χ0v) is 8.57. The summed E-state index contributed by atoms with van der Waals surface area (Å²) in [4.78, 5) is 0. The second-order valence-corrected chi connectivity index (χ2v) is 16.1. The van der Waals surface area contributed by atoms with Crippen LogP contribution in [0.25, 0.3) is 0 Å². The van der Waals surface area contributed by atoms with Gasteiger partial charge in [-0.3, -0.25) is 0 Å². The van der Waals surface area contributed by atoms with Crippen molar-refractivity contribution >= 4 is 36.1 Å². The molecule has 0 amide bonds. The number of halogens is 1. The van der Waals surface area contributed by atoms with E-state index in [1.807, 2.05) is 0 Å². The first kappa shape index (κ1) is 7.29. The third-order valence-electron chi connectivity index (χ3n) is 0.359. The van der Waals surface area contributed by atoms with Gasteiger partial charge in [0.05, 0.1) is 0 Å². The Balaban J connectivity index is 3.17. The second-order valence-electron chi connectivity index (χ2n) is 2.41. The van der Waals surface area contributed by atoms with Gasteiger partial charge < -0.3 is 0 Å². The van der Waals surface area contributed by atoms with Crippen LogP contribution in [0.15, 0.2) is 0 Å². The van der Waals surface area contributed by atoms with E-state index in [9.17, 15) is 0 Å². The van der Waals surface area contributed by atoms with Gasteiger partial charge in [-0.05, 0) is 0 Å². The van der Waals surface area contributed by atoms with E-state index in [0.717, 1.165) is 0 Å². The first-order chi connectivity index (χ1) is 2.56. The Morgan fingerprint density at radius 2 is 1.50 bits per heavy atom. The summed E-state index contributed by atoms with van der Waals surface area (Å²) in [6, 6.07) is 0. The first-order valence-electron chi connectivity index (χ1n) is 1.93. The molecule has 0 heterocycles. The average Bonchev–Trinajstić information content (AvgIpc) is 1.35. The van der Waals surface area contributed by atoms with Crippen molar-refractivity contribution in [2.75, 3.05) is 3.22 Å². The van der Waals surface area contributed by atoms with Crippen LogP contribution in [0, 0.1) is 0 Å². The SMILES string of the molecule is C[As+](C)(C)CI. The molecule has 0 saturated carbocycles. The first-order valence-corrected chi connectivity index (χ1v) is 10.4. The van der Waals surface area contributed by atoms with E-state index in [4.69, 9.17) is 0 Å². The Kier molecular flexibility index (Phi) is 3.11. The topological polar surface area (TPSA) is 0 Å². The number of alkyl halides is 1. The van der Waals surface area contributed by atoms with Crippen molar-refractivity contribution in [2.24, 2.45) is 0 Å². The summed E-state index contributed by atoms with van der Waals surface area (Å²) < 4.78 is 1.41. The zero-order valence-electron chi connectivity index (χ0n) is 4.53. The molecule has 0 aliphatic rings. The fraction of sp³-hybridized carbons (Fsp3) is 1.00. The van der Waals surface area contributed by atoms with Crippen LogP contribution in [0.4, 0.5) is 0 Å². The molecule has 0 atom stereocenters. The Labute approximate surface area is 56.3 Å². The number of hydrogen-bond donors (Lipinski definition) is 0. The minimum absolute atomic E-state index is 0.923. The Hall–Kier alpha value is 1.29. The predicted octanol–water partition coefficient (Wildman–Crippen LogP) is 2.30. The third kappa shape index (κ3) is 5.29. The molecule has 0 aromatic heterocycles. The molecule has 0 nitrogen and oxygen atoms in total. The van der Waals surface area contributed by atoms with E-state index in [2.05, 4.69) is 39.7 Å². The van der Waals surface area contributed by atoms with Gasteiger partial charge in [-0.1, -0.05) is 0 Å². The molecule has 0 N–H and O–H groups in total. The molecule has 0 saturated heterocycles. The van der Waals surface area contributed by atoms with E-state index < -0.39 is 13.6 Å². The molecule has 0 unspecified atom stereocenters. The van der Waals surface area contributed by atoms with E-state index in [1.54, 1.807) is 0 Å². The molecule has 0 aromatic rings. The third-order valence-corrected chi connectivity index (χ3v) is 12.5. The van der Waals surface area contributed by atoms with Gasteiger partial charge in [0.25, 0.3) is 0 Å². The normalized spacial score (nSPS) is 12.0. The molecule has 0 aromatic carbocycles. The summed E-state index contributed by atoms with van der Waals surface area (Å²) in [6.45, 7) is 0. The fourth-order valence-electron chi connectivity index (χ4n) is 0. The van der Waals surface area contributed by atoms with E-state index in [1.165, 1.54) is 3.22 Å². The van der Waals surface area contributed by atoms with E-state index in [-0.39, 0.29) is 0 Å². The molecular formula is C4H11AsI+. The molecule has 2 heteroatoms. The van der Waals surface area contributed by atoms with Crippen LogP contribution in [0.3, 0.4) is 0 Å². The van der Waals surface area contributed by atoms with Gasteiger partial charge in [0.15, 0.2) is 0 Å². The van der Waals surface area contributed by atoms with Crippen LogP contribution in [-0.2, 0) is 0 Å². The summed E-state index contributed by atoms with van der Waals surface area (Å²) >= 11 is 1.55. The van der Waals surface area contributed by atoms with Crippen LogP contribution in [0.2, 0.25) is 17.1 Å². The summed E-state index contributed by atoms with van der Waals surface area (Å²) in [5, 5.41) is 0. The molecular weight excluding hydrogens is 250 g/mol. The van der Waals surface area contributed by atoms with Crippen molar-refractivity contribution in [1.29, 1.82) is 0 Å². The fourth-order valence-corrected chi connectivity index (χ4v) is 0. The van der Waals surface area contributed by atoms with Crippen LogP contribution in [0.5, 0.6) is 0 Å². The minimum atomic E-state index is -0.923. The number of hydrogen-bond acceptors (Lipinski definition) is 0. The standard InChI is InChI=1S/C4H11AsI/c1-5(2,3)4-6/h4H2,1-3H3/q+1. The van der Waals surface area contributed by atoms with E-state index >= 15 is 0 Å². The van der Waals surface area contributed by atoms with Gasteiger partial charge in [0.1, 0.15) is 0 Å². The summed E-state index contributed by atoms with van der Waals surface area (Å²) in [5.74, 6) is 0. The molecule has 6 heavy (non-hydrogen) atoms. The van der Waals surface area contributed by atoms with Gasteiger partial charge in [-0.2, -0.15) is 0 Å². The van der Waals surface area contributed by atoms with Gasteiger partial charge in [-0.15, -0.1) is 0 Å². The van der Waals surface area contributed by atoms with Crippen LogP contribution in [0.1, 0.15) is 0 Å². The average molecular weight is 261 g/mol. The van der Waals surface area contributed by atoms with Crippen LogP contribution < -0.4 is 0 Å². The molecule has 0 radical (unpaired) electrons. The molecule has 0 aliphatic carbocycles. The summed E-state index contributed by atoms with van der Waals surface area (Å²) in [6.07, 6.45) is 0. The Morgan fingerprint density at radius 1 is 1.33 bits per heavy atom. The maximum atomic E-state index is 2.47. The van der Waals surface area contributed by atoms with Gasteiger partial charge in [0.2, 0.25) is 0 Å². The van der Waals surface area contributed by atoms with Crippen molar-refractivity contribution in [3.63, 3.8) is 0 Å². The van der Waals surface area contributed by atoms with Crippen molar-refractivity contribution < 1.29 is 0 Å². The monoisotopic (exact) mass is 261 g/mol. The van der Waals surface area contributed by atoms with Crippen molar-refractivity contribution in [3.05, 3.63) is 0 Å². The summed E-state index contributed by atoms with van der Waals surface area (Å²) in [7, 11) is 0. The quantitative estimate of drug-likeness (QED) is 0.386. The molecule has 0 fully saturated rings. The Morgan fingerprint density at radius 3 is 1.50 bits per heavy atom. The summed E-state index contributed by atoms with van der Waals surface area (Å²) in [5.41, 5.74) is 7.22. The molecule has 38 valence electrons. The number of rotatable bonds is 1. The molecule has 0 rings (SSSR count). The van der Waals surface area contributed by atoms with Crippen LogP contribution in [-0.4, -0.2) is 16.8 Å². The van der Waals surface area contributed by atoms with Crippen LogP contribution >= 0.6 is 22.6 Å². The molecule has 0 spiro atoms. The van der Waals surface area contributed by atoms with Gasteiger partial charge in [-0.25, -0.2) is 0 Å². The molecule has 0 aliphatic heterocycles. The maximum absolute atomic E-state index is 2.47. The van der Waals surface area contributed by atoms with Crippen molar-refractivity contribution in [3.8, 4) is 0 Å². The van der Waals surface area contributed by atoms with Gasteiger partial charge in [0, 0.05) is 0 Å². The van der Waals surface area contributed by atoms with E-state index in [0.29, 0.717) is 0 Å². The Bertz CT molecular complexity index is 37.3. The molecule has 0 bridgehead atoms. The second kappa shape index (κ2) is 2.56. The predicted molar refractivity (Wildman–Crippen MR) is 42.2 cm³/mol. The zero-order chi connectivity index (χ0) is 5.21. The van der Waals surface area contributed by atoms with Gasteiger partial charge >= 0.3 is 56.5 Å². The van der Waals surface area contributed by atoms with Crippen molar-refractivity contribution in [1.82, 2.24) is 0 Å².